The van der Waals surface area contributed by atoms with Crippen molar-refractivity contribution in [1.29, 1.82) is 0 Å². The normalized spacial score (nSPS) is 12.1. The summed E-state index contributed by atoms with van der Waals surface area (Å²) in [6.45, 7) is 1.36. The van der Waals surface area contributed by atoms with E-state index in [9.17, 15) is 22.0 Å². The van der Waals surface area contributed by atoms with E-state index in [-0.39, 0.29) is 5.69 Å². The number of aryl methyl sites for hydroxylation is 1. The van der Waals surface area contributed by atoms with E-state index in [1.807, 2.05) is 0 Å². The maximum atomic E-state index is 12.4. The van der Waals surface area contributed by atoms with Crippen molar-refractivity contribution in [2.24, 2.45) is 5.14 Å². The second kappa shape index (κ2) is 3.70. The fourth-order valence-corrected chi connectivity index (χ4v) is 1.93. The van der Waals surface area contributed by atoms with Crippen LogP contribution in [0.1, 0.15) is 17.8 Å². The summed E-state index contributed by atoms with van der Waals surface area (Å²) in [5, 5.41) is 4.67. The highest BCUT2D eigenvalue weighted by Crippen LogP contribution is 2.21. The molecule has 0 aliphatic carbocycles. The van der Waals surface area contributed by atoms with Gasteiger partial charge in [0.15, 0.2) is 4.90 Å². The number of nitrogens with one attached hydrogen (secondary N) is 1. The van der Waals surface area contributed by atoms with Gasteiger partial charge in [0.2, 0.25) is 15.5 Å². The number of hydrogen-bond donors (Lipinski definition) is 2. The number of halogens is 2. The maximum Gasteiger partial charge on any atom is 0.279 e. The zero-order chi connectivity index (χ0) is 11.8. The van der Waals surface area contributed by atoms with Gasteiger partial charge in [-0.1, -0.05) is 0 Å². The molecule has 0 aromatic carbocycles. The largest absolute Gasteiger partial charge is 0.357 e. The summed E-state index contributed by atoms with van der Waals surface area (Å²) in [4.78, 5) is 12.2. The Hall–Kier alpha value is -1.28. The number of hydrogen-bond acceptors (Lipinski definition) is 3. The maximum absolute atomic E-state index is 12.4. The number of aromatic nitrogens is 1. The van der Waals surface area contributed by atoms with Gasteiger partial charge in [0.1, 0.15) is 5.69 Å². The summed E-state index contributed by atoms with van der Waals surface area (Å²) < 4.78 is 46.7. The predicted octanol–water partition coefficient (Wildman–Crippen LogP) is 0.268. The summed E-state index contributed by atoms with van der Waals surface area (Å²) in [6, 6.07) is 0.894. The van der Waals surface area contributed by atoms with Gasteiger partial charge < -0.3 is 4.98 Å². The molecule has 1 aromatic heterocycles. The van der Waals surface area contributed by atoms with Crippen molar-refractivity contribution in [3.8, 4) is 0 Å². The van der Waals surface area contributed by atoms with Crippen LogP contribution in [-0.4, -0.2) is 13.4 Å². The molecule has 0 atom stereocenters. The van der Waals surface area contributed by atoms with Crippen LogP contribution in [0.15, 0.2) is 15.8 Å². The smallest absolute Gasteiger partial charge is 0.279 e. The Labute approximate surface area is 84.0 Å². The molecule has 0 bridgehead atoms. The Morgan fingerprint density at radius 1 is 1.47 bits per heavy atom. The van der Waals surface area contributed by atoms with Crippen LogP contribution in [-0.2, 0) is 10.0 Å². The van der Waals surface area contributed by atoms with E-state index < -0.39 is 32.5 Å². The van der Waals surface area contributed by atoms with Crippen LogP contribution in [0.2, 0.25) is 0 Å². The summed E-state index contributed by atoms with van der Waals surface area (Å²) in [6.07, 6.45) is -3.11. The lowest BCUT2D eigenvalue weighted by atomic mass is 10.3. The molecule has 15 heavy (non-hydrogen) atoms. The third kappa shape index (κ3) is 2.39. The third-order valence-corrected chi connectivity index (χ3v) is 2.64. The quantitative estimate of drug-likeness (QED) is 0.774. The first-order valence-corrected chi connectivity index (χ1v) is 5.33. The van der Waals surface area contributed by atoms with E-state index in [0.717, 1.165) is 6.07 Å². The summed E-state index contributed by atoms with van der Waals surface area (Å²) >= 11 is 0. The van der Waals surface area contributed by atoms with E-state index in [1.54, 1.807) is 0 Å². The fourth-order valence-electron chi connectivity index (χ4n) is 1.15. The molecule has 0 aliphatic rings. The van der Waals surface area contributed by atoms with Gasteiger partial charge in [0, 0.05) is 11.8 Å². The summed E-state index contributed by atoms with van der Waals surface area (Å²) in [5.74, 6) is 0. The Morgan fingerprint density at radius 2 is 2.00 bits per heavy atom. The van der Waals surface area contributed by atoms with Crippen molar-refractivity contribution in [1.82, 2.24) is 4.98 Å². The minimum Gasteiger partial charge on any atom is -0.357 e. The van der Waals surface area contributed by atoms with Gasteiger partial charge in [0.25, 0.3) is 6.43 Å². The molecule has 84 valence electrons. The molecular weight excluding hydrogens is 230 g/mol. The van der Waals surface area contributed by atoms with E-state index in [0.29, 0.717) is 0 Å². The number of alkyl halides is 2. The number of rotatable bonds is 2. The van der Waals surface area contributed by atoms with E-state index in [2.05, 4.69) is 10.1 Å². The summed E-state index contributed by atoms with van der Waals surface area (Å²) in [7, 11) is -4.45. The average molecular weight is 238 g/mol. The fraction of sp³-hybridized carbons (Fsp3) is 0.286. The van der Waals surface area contributed by atoms with Crippen LogP contribution < -0.4 is 10.6 Å². The lowest BCUT2D eigenvalue weighted by Gasteiger charge is -2.07. The topological polar surface area (TPSA) is 93.0 Å². The monoisotopic (exact) mass is 238 g/mol. The lowest BCUT2D eigenvalue weighted by molar-refractivity contribution is 0.142. The van der Waals surface area contributed by atoms with E-state index in [4.69, 9.17) is 0 Å². The Bertz CT molecular complexity index is 536. The second-order valence-electron chi connectivity index (χ2n) is 2.91. The molecule has 3 N–H and O–H groups in total. The number of sulfonamides is 1. The molecule has 0 aliphatic heterocycles. The first-order chi connectivity index (χ1) is 6.73. The van der Waals surface area contributed by atoms with Crippen LogP contribution in [0.4, 0.5) is 8.78 Å². The van der Waals surface area contributed by atoms with Crippen LogP contribution >= 0.6 is 0 Å². The van der Waals surface area contributed by atoms with Crippen molar-refractivity contribution in [2.45, 2.75) is 18.2 Å². The predicted molar refractivity (Wildman–Crippen MR) is 48.1 cm³/mol. The lowest BCUT2D eigenvalue weighted by Crippen LogP contribution is -2.25. The molecular formula is C7H8F2N2O3S. The van der Waals surface area contributed by atoms with Crippen molar-refractivity contribution in [3.63, 3.8) is 0 Å². The Balaban J connectivity index is 3.71. The molecule has 0 amide bonds. The van der Waals surface area contributed by atoms with Gasteiger partial charge in [-0.05, 0) is 6.92 Å². The standard InChI is InChI=1S/C7H8F2N2O3S/c1-3-2-4(12)6(15(10,13)14)5(11-3)7(8)9/h2,7H,1H3,(H,11,12)(H2,10,13,14). The Kier molecular flexibility index (Phi) is 2.91. The first kappa shape index (κ1) is 11.8. The van der Waals surface area contributed by atoms with Gasteiger partial charge in [-0.2, -0.15) is 0 Å². The van der Waals surface area contributed by atoms with Crippen molar-refractivity contribution in [2.75, 3.05) is 0 Å². The minimum absolute atomic E-state index is 0.141. The molecule has 0 radical (unpaired) electrons. The van der Waals surface area contributed by atoms with Crippen molar-refractivity contribution in [3.05, 3.63) is 27.7 Å². The molecule has 1 heterocycles. The second-order valence-corrected chi connectivity index (χ2v) is 4.40. The highest BCUT2D eigenvalue weighted by Gasteiger charge is 2.24. The molecule has 1 rings (SSSR count). The van der Waals surface area contributed by atoms with E-state index in [1.165, 1.54) is 6.92 Å². The Morgan fingerprint density at radius 3 is 2.40 bits per heavy atom. The number of primary sulfonamides is 1. The zero-order valence-electron chi connectivity index (χ0n) is 7.62. The van der Waals surface area contributed by atoms with Gasteiger partial charge in [-0.3, -0.25) is 4.79 Å². The number of H-pyrrole nitrogens is 1. The highest BCUT2D eigenvalue weighted by atomic mass is 32.2. The average Bonchev–Trinajstić information content (AvgIpc) is 1.99. The molecule has 0 saturated heterocycles. The van der Waals surface area contributed by atoms with Crippen molar-refractivity contribution >= 4 is 10.0 Å². The van der Waals surface area contributed by atoms with Crippen LogP contribution in [0.3, 0.4) is 0 Å². The minimum atomic E-state index is -4.45. The highest BCUT2D eigenvalue weighted by molar-refractivity contribution is 7.89. The van der Waals surface area contributed by atoms with Crippen LogP contribution in [0, 0.1) is 6.92 Å². The first-order valence-electron chi connectivity index (χ1n) is 3.78. The van der Waals surface area contributed by atoms with Crippen molar-refractivity contribution < 1.29 is 17.2 Å². The van der Waals surface area contributed by atoms with Gasteiger partial charge in [-0.15, -0.1) is 0 Å². The summed E-state index contributed by atoms with van der Waals surface area (Å²) in [5.41, 5.74) is -1.87. The molecule has 8 heteroatoms. The van der Waals surface area contributed by atoms with Gasteiger partial charge in [-0.25, -0.2) is 22.3 Å². The molecule has 5 nitrogen and oxygen atoms in total. The molecule has 0 saturated carbocycles. The number of nitrogens with two attached hydrogens (primary N) is 1. The van der Waals surface area contributed by atoms with Gasteiger partial charge in [0.05, 0.1) is 0 Å². The number of aromatic amines is 1. The SMILES string of the molecule is Cc1cc(=O)c(S(N)(=O)=O)c(C(F)F)[nH]1. The third-order valence-electron chi connectivity index (χ3n) is 1.65. The van der Waals surface area contributed by atoms with E-state index >= 15 is 0 Å². The van der Waals surface area contributed by atoms with Gasteiger partial charge >= 0.3 is 0 Å². The van der Waals surface area contributed by atoms with Crippen LogP contribution in [0.25, 0.3) is 0 Å². The molecule has 1 aromatic rings. The molecule has 0 spiro atoms. The molecule has 0 unspecified atom stereocenters. The number of pyridine rings is 1. The molecule has 0 fully saturated rings. The zero-order valence-corrected chi connectivity index (χ0v) is 8.44. The van der Waals surface area contributed by atoms with Crippen LogP contribution in [0.5, 0.6) is 0 Å².